The predicted octanol–water partition coefficient (Wildman–Crippen LogP) is 2.85. The van der Waals surface area contributed by atoms with Gasteiger partial charge in [-0.05, 0) is 31.5 Å². The number of pyridine rings is 1. The van der Waals surface area contributed by atoms with Crippen LogP contribution >= 0.6 is 11.3 Å². The van der Waals surface area contributed by atoms with Crippen molar-refractivity contribution in [2.45, 2.75) is 32.4 Å². The summed E-state index contributed by atoms with van der Waals surface area (Å²) in [5.74, 6) is -1.33. The zero-order valence-electron chi connectivity index (χ0n) is 17.9. The summed E-state index contributed by atoms with van der Waals surface area (Å²) in [7, 11) is 1.57. The molecule has 168 valence electrons. The van der Waals surface area contributed by atoms with E-state index in [1.54, 1.807) is 34.9 Å². The number of likely N-dealkylation sites (N-methyl/N-ethyl adjacent to an activating group) is 1. The van der Waals surface area contributed by atoms with Gasteiger partial charge < -0.3 is 19.3 Å². The number of nitrogens with zero attached hydrogens (tertiary/aromatic N) is 4. The Morgan fingerprint density at radius 3 is 2.59 bits per heavy atom. The lowest BCUT2D eigenvalue weighted by molar-refractivity contribution is 0.0328. The molecule has 32 heavy (non-hydrogen) atoms. The molecule has 0 bridgehead atoms. The molecule has 0 spiro atoms. The standard InChI is InChI=1S/C22H23FN4O4S/c1-4-26-16(11-31-3)12(2)27-10-15(19(28)20(29)18(27)22(26)30)21-25-24-17(32-21)9-13-5-7-14(23)8-6-13/h5-8,10,12,16,29H,4,9,11H2,1-3H3/t12-,16+/m0/s1. The summed E-state index contributed by atoms with van der Waals surface area (Å²) in [6.45, 7) is 4.51. The maximum atomic E-state index is 13.1. The second-order valence-corrected chi connectivity index (χ2v) is 8.70. The fourth-order valence-electron chi connectivity index (χ4n) is 4.03. The van der Waals surface area contributed by atoms with Crippen LogP contribution in [0.1, 0.15) is 40.9 Å². The number of amides is 1. The first-order valence-corrected chi connectivity index (χ1v) is 11.0. The minimum absolute atomic E-state index is 0.0310. The number of fused-ring (bicyclic) bond motifs is 1. The van der Waals surface area contributed by atoms with Crippen LogP contribution in [-0.4, -0.2) is 57.0 Å². The molecule has 1 aromatic carbocycles. The summed E-state index contributed by atoms with van der Waals surface area (Å²) < 4.78 is 20.1. The molecule has 8 nitrogen and oxygen atoms in total. The van der Waals surface area contributed by atoms with E-state index in [1.165, 1.54) is 23.5 Å². The summed E-state index contributed by atoms with van der Waals surface area (Å²) in [5.41, 5.74) is 0.342. The number of aromatic nitrogens is 3. The molecule has 4 rings (SSSR count). The highest BCUT2D eigenvalue weighted by molar-refractivity contribution is 7.14. The second-order valence-electron chi connectivity index (χ2n) is 7.64. The number of methoxy groups -OCH3 is 1. The van der Waals surface area contributed by atoms with Crippen molar-refractivity contribution in [3.63, 3.8) is 0 Å². The summed E-state index contributed by atoms with van der Waals surface area (Å²) >= 11 is 1.22. The highest BCUT2D eigenvalue weighted by Gasteiger charge is 2.39. The molecular weight excluding hydrogens is 435 g/mol. The molecule has 2 atom stereocenters. The minimum atomic E-state index is -0.664. The largest absolute Gasteiger partial charge is 0.503 e. The van der Waals surface area contributed by atoms with Crippen LogP contribution in [0.2, 0.25) is 0 Å². The van der Waals surface area contributed by atoms with Crippen LogP contribution in [0, 0.1) is 5.82 Å². The zero-order chi connectivity index (χ0) is 23.0. The van der Waals surface area contributed by atoms with Gasteiger partial charge in [-0.3, -0.25) is 9.59 Å². The van der Waals surface area contributed by atoms with Crippen LogP contribution in [0.4, 0.5) is 4.39 Å². The van der Waals surface area contributed by atoms with Gasteiger partial charge in [-0.2, -0.15) is 0 Å². The van der Waals surface area contributed by atoms with E-state index in [9.17, 15) is 19.1 Å². The number of ether oxygens (including phenoxy) is 1. The molecule has 0 saturated carbocycles. The maximum Gasteiger partial charge on any atom is 0.274 e. The molecular formula is C22H23FN4O4S. The third-order valence-electron chi connectivity index (χ3n) is 5.71. The van der Waals surface area contributed by atoms with Crippen LogP contribution in [0.5, 0.6) is 5.75 Å². The molecule has 1 aliphatic heterocycles. The summed E-state index contributed by atoms with van der Waals surface area (Å²) in [6, 6.07) is 5.60. The Balaban J connectivity index is 1.74. The van der Waals surface area contributed by atoms with Crippen LogP contribution in [-0.2, 0) is 11.2 Å². The minimum Gasteiger partial charge on any atom is -0.503 e. The van der Waals surface area contributed by atoms with E-state index in [0.29, 0.717) is 29.6 Å². The van der Waals surface area contributed by atoms with E-state index in [1.807, 2.05) is 13.8 Å². The van der Waals surface area contributed by atoms with Crippen molar-refractivity contribution < 1.29 is 19.0 Å². The number of rotatable bonds is 6. The summed E-state index contributed by atoms with van der Waals surface area (Å²) in [5, 5.41) is 19.9. The normalized spacial score (nSPS) is 18.1. The van der Waals surface area contributed by atoms with Gasteiger partial charge in [0, 0.05) is 26.3 Å². The molecule has 0 fully saturated rings. The van der Waals surface area contributed by atoms with Gasteiger partial charge in [0.2, 0.25) is 5.43 Å². The fraction of sp³-hybridized carbons (Fsp3) is 0.364. The first-order chi connectivity index (χ1) is 15.3. The molecule has 1 N–H and O–H groups in total. The molecule has 1 amide bonds. The first kappa shape index (κ1) is 22.1. The lowest BCUT2D eigenvalue weighted by Crippen LogP contribution is -2.52. The Morgan fingerprint density at radius 2 is 1.94 bits per heavy atom. The van der Waals surface area contributed by atoms with E-state index in [0.717, 1.165) is 5.56 Å². The fourth-order valence-corrected chi connectivity index (χ4v) is 4.91. The van der Waals surface area contributed by atoms with E-state index in [-0.39, 0.29) is 29.2 Å². The average Bonchev–Trinajstić information content (AvgIpc) is 3.23. The van der Waals surface area contributed by atoms with Gasteiger partial charge >= 0.3 is 0 Å². The number of carbonyl (C=O) groups is 1. The molecule has 0 aliphatic carbocycles. The van der Waals surface area contributed by atoms with Crippen molar-refractivity contribution >= 4 is 17.2 Å². The Labute approximate surface area is 187 Å². The van der Waals surface area contributed by atoms with Crippen LogP contribution in [0.25, 0.3) is 10.6 Å². The van der Waals surface area contributed by atoms with Gasteiger partial charge in [0.15, 0.2) is 16.5 Å². The van der Waals surface area contributed by atoms with Gasteiger partial charge in [0.25, 0.3) is 5.91 Å². The van der Waals surface area contributed by atoms with Crippen LogP contribution in [0.3, 0.4) is 0 Å². The molecule has 0 unspecified atom stereocenters. The first-order valence-electron chi connectivity index (χ1n) is 10.2. The van der Waals surface area contributed by atoms with Gasteiger partial charge in [-0.25, -0.2) is 4.39 Å². The number of halogens is 1. The molecule has 0 saturated heterocycles. The smallest absolute Gasteiger partial charge is 0.274 e. The number of benzene rings is 1. The van der Waals surface area contributed by atoms with E-state index in [4.69, 9.17) is 4.74 Å². The number of carbonyl (C=O) groups excluding carboxylic acids is 1. The average molecular weight is 459 g/mol. The summed E-state index contributed by atoms with van der Waals surface area (Å²) in [4.78, 5) is 27.6. The van der Waals surface area contributed by atoms with Crippen molar-refractivity contribution in [2.75, 3.05) is 20.3 Å². The Bertz CT molecular complexity index is 1210. The molecule has 2 aromatic heterocycles. The third-order valence-corrected chi connectivity index (χ3v) is 6.67. The Hall–Kier alpha value is -3.11. The van der Waals surface area contributed by atoms with Crippen LogP contribution < -0.4 is 5.43 Å². The lowest BCUT2D eigenvalue weighted by atomic mass is 10.0. The van der Waals surface area contributed by atoms with Gasteiger partial charge in [0.05, 0.1) is 24.3 Å². The number of hydrogen-bond acceptors (Lipinski definition) is 7. The topological polar surface area (TPSA) is 97.5 Å². The van der Waals surface area contributed by atoms with Crippen molar-refractivity contribution in [1.29, 1.82) is 0 Å². The molecule has 3 aromatic rings. The SMILES string of the molecule is CCN1C(=O)c2c(O)c(=O)c(-c3nnc(Cc4ccc(F)cc4)s3)cn2[C@@H](C)[C@H]1COC. The number of hydrogen-bond donors (Lipinski definition) is 1. The van der Waals surface area contributed by atoms with Crippen molar-refractivity contribution in [1.82, 2.24) is 19.7 Å². The lowest BCUT2D eigenvalue weighted by Gasteiger charge is -2.41. The number of aromatic hydroxyl groups is 1. The maximum absolute atomic E-state index is 13.1. The summed E-state index contributed by atoms with van der Waals surface area (Å²) in [6.07, 6.45) is 2.00. The van der Waals surface area contributed by atoms with Crippen molar-refractivity contribution in [2.24, 2.45) is 0 Å². The molecule has 10 heteroatoms. The van der Waals surface area contributed by atoms with E-state index < -0.39 is 17.1 Å². The monoisotopic (exact) mass is 458 g/mol. The van der Waals surface area contributed by atoms with E-state index in [2.05, 4.69) is 10.2 Å². The molecule has 1 aliphatic rings. The molecule has 3 heterocycles. The highest BCUT2D eigenvalue weighted by Crippen LogP contribution is 2.33. The predicted molar refractivity (Wildman–Crippen MR) is 118 cm³/mol. The zero-order valence-corrected chi connectivity index (χ0v) is 18.7. The van der Waals surface area contributed by atoms with E-state index >= 15 is 0 Å². The Morgan fingerprint density at radius 1 is 1.22 bits per heavy atom. The van der Waals surface area contributed by atoms with Crippen molar-refractivity contribution in [3.05, 3.63) is 62.8 Å². The Kier molecular flexibility index (Phi) is 6.07. The second kappa shape index (κ2) is 8.79. The molecule has 0 radical (unpaired) electrons. The third kappa shape index (κ3) is 3.80. The highest BCUT2D eigenvalue weighted by atomic mass is 32.1. The van der Waals surface area contributed by atoms with Gasteiger partial charge in [-0.15, -0.1) is 10.2 Å². The van der Waals surface area contributed by atoms with Gasteiger partial charge in [0.1, 0.15) is 10.8 Å². The van der Waals surface area contributed by atoms with Crippen LogP contribution in [0.15, 0.2) is 35.3 Å². The van der Waals surface area contributed by atoms with Crippen molar-refractivity contribution in [3.8, 4) is 16.3 Å². The quantitative estimate of drug-likeness (QED) is 0.610. The van der Waals surface area contributed by atoms with Gasteiger partial charge in [-0.1, -0.05) is 23.5 Å².